The summed E-state index contributed by atoms with van der Waals surface area (Å²) in [6.45, 7) is 10.5. The maximum Gasteiger partial charge on any atom is 0.341 e. The van der Waals surface area contributed by atoms with Gasteiger partial charge in [0.15, 0.2) is 0 Å². The van der Waals surface area contributed by atoms with Gasteiger partial charge in [0, 0.05) is 42.7 Å². The van der Waals surface area contributed by atoms with Crippen molar-refractivity contribution in [2.75, 3.05) is 36.5 Å². The molecule has 1 N–H and O–H groups in total. The van der Waals surface area contributed by atoms with Crippen LogP contribution in [0.25, 0.3) is 0 Å². The number of rotatable bonds is 7. The van der Waals surface area contributed by atoms with Crippen LogP contribution in [-0.2, 0) is 22.5 Å². The van der Waals surface area contributed by atoms with E-state index in [0.29, 0.717) is 35.6 Å². The minimum atomic E-state index is -0.441. The fraction of sp³-hybridized carbons (Fsp3) is 0.435. The molecular weight excluding hydrogens is 414 g/mol. The Bertz CT molecular complexity index is 964. The van der Waals surface area contributed by atoms with E-state index in [4.69, 9.17) is 4.74 Å². The number of anilines is 2. The van der Waals surface area contributed by atoms with Gasteiger partial charge < -0.3 is 19.9 Å². The summed E-state index contributed by atoms with van der Waals surface area (Å²) < 4.78 is 5.25. The van der Waals surface area contributed by atoms with Gasteiger partial charge in [-0.15, -0.1) is 11.3 Å². The lowest BCUT2D eigenvalue weighted by Gasteiger charge is -2.25. The highest BCUT2D eigenvalue weighted by Crippen LogP contribution is 2.38. The van der Waals surface area contributed by atoms with Gasteiger partial charge in [0.2, 0.25) is 5.91 Å². The van der Waals surface area contributed by atoms with Crippen LogP contribution in [-0.4, -0.2) is 48.9 Å². The molecule has 0 fully saturated rings. The van der Waals surface area contributed by atoms with Gasteiger partial charge in [0.1, 0.15) is 5.00 Å². The van der Waals surface area contributed by atoms with Crippen molar-refractivity contribution < 1.29 is 19.1 Å². The summed E-state index contributed by atoms with van der Waals surface area (Å²) in [7, 11) is 0. The third-order valence-corrected chi connectivity index (χ3v) is 6.60. The minimum absolute atomic E-state index is 0.00406. The van der Waals surface area contributed by atoms with Crippen LogP contribution in [0.2, 0.25) is 0 Å². The van der Waals surface area contributed by atoms with Crippen molar-refractivity contribution in [3.05, 3.63) is 45.8 Å². The van der Waals surface area contributed by atoms with Gasteiger partial charge in [0.25, 0.3) is 5.91 Å². The largest absolute Gasteiger partial charge is 0.462 e. The zero-order valence-corrected chi connectivity index (χ0v) is 19.3. The van der Waals surface area contributed by atoms with Gasteiger partial charge in [0.05, 0.1) is 18.7 Å². The van der Waals surface area contributed by atoms with Crippen LogP contribution < -0.4 is 10.2 Å². The number of nitrogens with one attached hydrogen (secondary N) is 1. The van der Waals surface area contributed by atoms with E-state index in [9.17, 15) is 14.4 Å². The van der Waals surface area contributed by atoms with Crippen LogP contribution in [0.15, 0.2) is 24.3 Å². The normalized spacial score (nSPS) is 12.8. The van der Waals surface area contributed by atoms with Gasteiger partial charge in [-0.1, -0.05) is 0 Å². The Balaban J connectivity index is 1.87. The number of benzene rings is 1. The monoisotopic (exact) mass is 443 g/mol. The fourth-order valence-corrected chi connectivity index (χ4v) is 5.01. The van der Waals surface area contributed by atoms with Crippen molar-refractivity contribution in [1.82, 2.24) is 4.90 Å². The summed E-state index contributed by atoms with van der Waals surface area (Å²) >= 11 is 1.34. The second-order valence-electron chi connectivity index (χ2n) is 7.29. The second kappa shape index (κ2) is 9.96. The number of esters is 1. The predicted octanol–water partition coefficient (Wildman–Crippen LogP) is 3.93. The van der Waals surface area contributed by atoms with Crippen LogP contribution >= 0.6 is 11.3 Å². The molecule has 31 heavy (non-hydrogen) atoms. The summed E-state index contributed by atoms with van der Waals surface area (Å²) in [5.41, 5.74) is 2.86. The SMILES string of the molecule is CCOC(=O)c1c(NC(=O)c2ccc(N(CC)CC)cc2)sc2c1CCN(C(C)=O)C2. The summed E-state index contributed by atoms with van der Waals surface area (Å²) in [5.74, 6) is -0.724. The van der Waals surface area contributed by atoms with Crippen LogP contribution in [0.1, 0.15) is 58.9 Å². The number of hydrogen-bond donors (Lipinski definition) is 1. The van der Waals surface area contributed by atoms with Crippen LogP contribution in [0.3, 0.4) is 0 Å². The summed E-state index contributed by atoms with van der Waals surface area (Å²) in [6.07, 6.45) is 0.563. The van der Waals surface area contributed by atoms with Crippen molar-refractivity contribution in [1.29, 1.82) is 0 Å². The van der Waals surface area contributed by atoms with E-state index >= 15 is 0 Å². The quantitative estimate of drug-likeness (QED) is 0.656. The first-order valence-corrected chi connectivity index (χ1v) is 11.4. The maximum atomic E-state index is 12.9. The number of carbonyl (C=O) groups excluding carboxylic acids is 3. The Morgan fingerprint density at radius 2 is 1.81 bits per heavy atom. The maximum absolute atomic E-state index is 12.9. The first kappa shape index (κ1) is 22.8. The number of amides is 2. The predicted molar refractivity (Wildman–Crippen MR) is 123 cm³/mol. The summed E-state index contributed by atoms with van der Waals surface area (Å²) in [5, 5.41) is 3.38. The zero-order chi connectivity index (χ0) is 22.5. The molecule has 2 heterocycles. The Morgan fingerprint density at radius 1 is 1.13 bits per heavy atom. The zero-order valence-electron chi connectivity index (χ0n) is 18.5. The Morgan fingerprint density at radius 3 is 2.39 bits per heavy atom. The van der Waals surface area contributed by atoms with Crippen molar-refractivity contribution >= 4 is 39.8 Å². The molecule has 1 aromatic heterocycles. The molecule has 3 rings (SSSR count). The summed E-state index contributed by atoms with van der Waals surface area (Å²) in [6, 6.07) is 7.44. The molecule has 0 atom stereocenters. The van der Waals surface area contributed by atoms with Gasteiger partial charge in [-0.3, -0.25) is 9.59 Å². The lowest BCUT2D eigenvalue weighted by Crippen LogP contribution is -2.34. The average Bonchev–Trinajstić information content (AvgIpc) is 3.12. The van der Waals surface area contributed by atoms with Gasteiger partial charge in [-0.05, 0) is 57.0 Å². The third kappa shape index (κ3) is 4.90. The number of thiophene rings is 1. The van der Waals surface area contributed by atoms with E-state index in [-0.39, 0.29) is 18.4 Å². The molecule has 0 spiro atoms. The van der Waals surface area contributed by atoms with Crippen LogP contribution in [0.5, 0.6) is 0 Å². The number of hydrogen-bond acceptors (Lipinski definition) is 6. The Kier molecular flexibility index (Phi) is 7.33. The third-order valence-electron chi connectivity index (χ3n) is 5.47. The Labute approximate surface area is 187 Å². The molecule has 2 aromatic rings. The highest BCUT2D eigenvalue weighted by atomic mass is 32.1. The van der Waals surface area contributed by atoms with Gasteiger partial charge in [-0.25, -0.2) is 4.79 Å². The summed E-state index contributed by atoms with van der Waals surface area (Å²) in [4.78, 5) is 42.2. The highest BCUT2D eigenvalue weighted by Gasteiger charge is 2.30. The molecule has 0 saturated carbocycles. The van der Waals surface area contributed by atoms with Crippen molar-refractivity contribution in [2.24, 2.45) is 0 Å². The molecule has 8 heteroatoms. The van der Waals surface area contributed by atoms with E-state index in [0.717, 1.165) is 29.2 Å². The lowest BCUT2D eigenvalue weighted by atomic mass is 10.0. The second-order valence-corrected chi connectivity index (χ2v) is 8.40. The molecule has 1 aliphatic rings. The average molecular weight is 444 g/mol. The van der Waals surface area contributed by atoms with Gasteiger partial charge in [-0.2, -0.15) is 0 Å². The van der Waals surface area contributed by atoms with Crippen molar-refractivity contribution in [3.63, 3.8) is 0 Å². The molecule has 2 amide bonds. The van der Waals surface area contributed by atoms with E-state index in [1.807, 2.05) is 12.1 Å². The number of carbonyl (C=O) groups is 3. The number of nitrogens with zero attached hydrogens (tertiary/aromatic N) is 2. The first-order valence-electron chi connectivity index (χ1n) is 10.6. The van der Waals surface area contributed by atoms with E-state index in [1.54, 1.807) is 24.0 Å². The molecular formula is C23H29N3O4S. The minimum Gasteiger partial charge on any atom is -0.462 e. The molecule has 0 bridgehead atoms. The van der Waals surface area contributed by atoms with E-state index in [2.05, 4.69) is 24.1 Å². The van der Waals surface area contributed by atoms with Gasteiger partial charge >= 0.3 is 5.97 Å². The number of ether oxygens (including phenoxy) is 1. The molecule has 0 unspecified atom stereocenters. The fourth-order valence-electron chi connectivity index (χ4n) is 3.77. The van der Waals surface area contributed by atoms with Crippen LogP contribution in [0, 0.1) is 0 Å². The van der Waals surface area contributed by atoms with Crippen molar-refractivity contribution in [3.8, 4) is 0 Å². The first-order chi connectivity index (χ1) is 14.9. The smallest absolute Gasteiger partial charge is 0.341 e. The topological polar surface area (TPSA) is 79.0 Å². The van der Waals surface area contributed by atoms with E-state index in [1.165, 1.54) is 18.3 Å². The van der Waals surface area contributed by atoms with E-state index < -0.39 is 5.97 Å². The molecule has 7 nitrogen and oxygen atoms in total. The molecule has 0 radical (unpaired) electrons. The van der Waals surface area contributed by atoms with Crippen LogP contribution in [0.4, 0.5) is 10.7 Å². The molecule has 1 aromatic carbocycles. The lowest BCUT2D eigenvalue weighted by molar-refractivity contribution is -0.129. The highest BCUT2D eigenvalue weighted by molar-refractivity contribution is 7.17. The number of fused-ring (bicyclic) bond motifs is 1. The molecule has 0 aliphatic carbocycles. The standard InChI is InChI=1S/C23H29N3O4S/c1-5-25(6-2)17-10-8-16(9-11-17)21(28)24-22-20(23(29)30-7-3)18-12-13-26(15(4)27)14-19(18)31-22/h8-11H,5-7,12-14H2,1-4H3,(H,24,28). The molecule has 0 saturated heterocycles. The van der Waals surface area contributed by atoms with Crippen molar-refractivity contribution in [2.45, 2.75) is 40.7 Å². The Hall–Kier alpha value is -2.87. The molecule has 1 aliphatic heterocycles. The molecule has 166 valence electrons.